The maximum Gasteiger partial charge on any atom is 0.326 e. The highest BCUT2D eigenvalue weighted by Crippen LogP contribution is 2.33. The molecule has 0 spiro atoms. The lowest BCUT2D eigenvalue weighted by molar-refractivity contribution is 0.0962. The highest BCUT2D eigenvalue weighted by Gasteiger charge is 2.28. The molecule has 2 aromatic carbocycles. The zero-order valence-corrected chi connectivity index (χ0v) is 19.0. The van der Waals surface area contributed by atoms with Crippen LogP contribution in [0, 0.1) is 0 Å². The van der Waals surface area contributed by atoms with Crippen LogP contribution < -0.4 is 10.6 Å². The van der Waals surface area contributed by atoms with E-state index in [1.807, 2.05) is 0 Å². The predicted molar refractivity (Wildman–Crippen MR) is 127 cm³/mol. The van der Waals surface area contributed by atoms with Crippen molar-refractivity contribution < 1.29 is 9.59 Å². The van der Waals surface area contributed by atoms with Crippen LogP contribution in [0.5, 0.6) is 0 Å². The molecule has 6 nitrogen and oxygen atoms in total. The van der Waals surface area contributed by atoms with E-state index in [0.29, 0.717) is 34.8 Å². The van der Waals surface area contributed by atoms with Gasteiger partial charge in [-0.3, -0.25) is 10.1 Å². The Bertz CT molecular complexity index is 1170. The second-order valence-electron chi connectivity index (χ2n) is 9.04. The molecular formula is C25H25ClN4O2. The first-order valence-corrected chi connectivity index (χ1v) is 10.9. The molecule has 0 saturated heterocycles. The van der Waals surface area contributed by atoms with Gasteiger partial charge in [-0.15, -0.1) is 0 Å². The molecular weight excluding hydrogens is 424 g/mol. The van der Waals surface area contributed by atoms with Crippen LogP contribution in [0.4, 0.5) is 16.4 Å². The molecule has 0 bridgehead atoms. The smallest absolute Gasteiger partial charge is 0.308 e. The van der Waals surface area contributed by atoms with Gasteiger partial charge in [-0.25, -0.2) is 14.8 Å². The SMILES string of the molecule is CC(C)(C)c1ccc(C2CC(=O)c3cnc(NC(=O)Nc4cccc(Cl)c4)nc3C2)cc1. The summed E-state index contributed by atoms with van der Waals surface area (Å²) < 4.78 is 0. The lowest BCUT2D eigenvalue weighted by atomic mass is 9.80. The highest BCUT2D eigenvalue weighted by molar-refractivity contribution is 6.30. The molecule has 3 aromatic rings. The van der Waals surface area contributed by atoms with Crippen LogP contribution in [0.1, 0.15) is 60.3 Å². The highest BCUT2D eigenvalue weighted by atomic mass is 35.5. The van der Waals surface area contributed by atoms with Crippen LogP contribution in [-0.4, -0.2) is 21.8 Å². The second-order valence-corrected chi connectivity index (χ2v) is 9.48. The van der Waals surface area contributed by atoms with Crippen LogP contribution in [0.3, 0.4) is 0 Å². The van der Waals surface area contributed by atoms with Gasteiger partial charge < -0.3 is 5.32 Å². The Hall–Kier alpha value is -3.25. The fraction of sp³-hybridized carbons (Fsp3) is 0.280. The Balaban J connectivity index is 1.49. The van der Waals surface area contributed by atoms with Crippen LogP contribution in [0.25, 0.3) is 0 Å². The van der Waals surface area contributed by atoms with E-state index in [2.05, 4.69) is 65.6 Å². The first kappa shape index (κ1) is 22.0. The van der Waals surface area contributed by atoms with Crippen LogP contribution in [-0.2, 0) is 11.8 Å². The minimum atomic E-state index is -0.483. The number of benzene rings is 2. The lowest BCUT2D eigenvalue weighted by Gasteiger charge is -2.25. The third kappa shape index (κ3) is 4.97. The van der Waals surface area contributed by atoms with Gasteiger partial charge in [-0.05, 0) is 47.1 Å². The van der Waals surface area contributed by atoms with E-state index in [9.17, 15) is 9.59 Å². The van der Waals surface area contributed by atoms with Gasteiger partial charge >= 0.3 is 6.03 Å². The zero-order valence-electron chi connectivity index (χ0n) is 18.3. The van der Waals surface area contributed by atoms with Crippen molar-refractivity contribution in [1.29, 1.82) is 0 Å². The summed E-state index contributed by atoms with van der Waals surface area (Å²) in [6.45, 7) is 6.53. The van der Waals surface area contributed by atoms with Crippen LogP contribution in [0.2, 0.25) is 5.02 Å². The molecule has 0 fully saturated rings. The molecule has 0 saturated carbocycles. The number of halogens is 1. The molecule has 0 aliphatic heterocycles. The number of fused-ring (bicyclic) bond motifs is 1. The standard InChI is InChI=1S/C25H25ClN4O2/c1-25(2,3)17-9-7-15(8-10-17)16-11-21-20(22(31)12-16)14-27-23(29-21)30-24(32)28-19-6-4-5-18(26)13-19/h4-10,13-14,16H,11-12H2,1-3H3,(H2,27,28,29,30,32). The van der Waals surface area contributed by atoms with Gasteiger partial charge in [0.05, 0.1) is 11.3 Å². The van der Waals surface area contributed by atoms with Crippen molar-refractivity contribution in [3.05, 3.63) is 82.1 Å². The summed E-state index contributed by atoms with van der Waals surface area (Å²) in [7, 11) is 0. The van der Waals surface area contributed by atoms with E-state index in [0.717, 1.165) is 5.56 Å². The van der Waals surface area contributed by atoms with Gasteiger partial charge in [0.15, 0.2) is 5.78 Å². The molecule has 164 valence electrons. The summed E-state index contributed by atoms with van der Waals surface area (Å²) in [6.07, 6.45) is 2.54. The van der Waals surface area contributed by atoms with E-state index < -0.39 is 6.03 Å². The number of Topliss-reactive ketones (excluding diaryl/α,β-unsaturated/α-hetero) is 1. The molecule has 2 N–H and O–H groups in total. The molecule has 1 atom stereocenters. The van der Waals surface area contributed by atoms with Crippen molar-refractivity contribution >= 4 is 35.1 Å². The Labute approximate surface area is 192 Å². The average Bonchev–Trinajstić information content (AvgIpc) is 2.73. The number of aromatic nitrogens is 2. The molecule has 1 aliphatic rings. The number of rotatable bonds is 3. The topological polar surface area (TPSA) is 84.0 Å². The molecule has 1 aromatic heterocycles. The molecule has 2 amide bonds. The minimum absolute atomic E-state index is 0.0195. The van der Waals surface area contributed by atoms with Crippen LogP contribution >= 0.6 is 11.6 Å². The van der Waals surface area contributed by atoms with Crippen molar-refractivity contribution in [2.75, 3.05) is 10.6 Å². The summed E-state index contributed by atoms with van der Waals surface area (Å²) >= 11 is 5.95. The molecule has 7 heteroatoms. The summed E-state index contributed by atoms with van der Waals surface area (Å²) in [5.41, 5.74) is 4.18. The largest absolute Gasteiger partial charge is 0.326 e. The Kier molecular flexibility index (Phi) is 5.98. The number of carbonyl (C=O) groups is 2. The molecule has 1 aliphatic carbocycles. The molecule has 4 rings (SSSR count). The van der Waals surface area contributed by atoms with E-state index >= 15 is 0 Å². The minimum Gasteiger partial charge on any atom is -0.308 e. The van der Waals surface area contributed by atoms with Crippen molar-refractivity contribution in [3.63, 3.8) is 0 Å². The number of nitrogens with zero attached hydrogens (tertiary/aromatic N) is 2. The van der Waals surface area contributed by atoms with Gasteiger partial charge in [-0.1, -0.05) is 62.7 Å². The number of carbonyl (C=O) groups excluding carboxylic acids is 2. The van der Waals surface area contributed by atoms with Gasteiger partial charge in [0.25, 0.3) is 0 Å². The van der Waals surface area contributed by atoms with E-state index in [4.69, 9.17) is 11.6 Å². The maximum atomic E-state index is 12.7. The van der Waals surface area contributed by atoms with E-state index in [1.54, 1.807) is 24.3 Å². The quantitative estimate of drug-likeness (QED) is 0.515. The number of amides is 2. The molecule has 0 radical (unpaired) electrons. The summed E-state index contributed by atoms with van der Waals surface area (Å²) in [4.78, 5) is 33.6. The van der Waals surface area contributed by atoms with Crippen molar-refractivity contribution in [1.82, 2.24) is 9.97 Å². The van der Waals surface area contributed by atoms with E-state index in [-0.39, 0.29) is 23.1 Å². The monoisotopic (exact) mass is 448 g/mol. The summed E-state index contributed by atoms with van der Waals surface area (Å²) in [6, 6.07) is 14.8. The average molecular weight is 449 g/mol. The first-order chi connectivity index (χ1) is 15.2. The Morgan fingerprint density at radius 1 is 1.06 bits per heavy atom. The first-order valence-electron chi connectivity index (χ1n) is 10.5. The molecule has 32 heavy (non-hydrogen) atoms. The van der Waals surface area contributed by atoms with Crippen molar-refractivity contribution in [3.8, 4) is 0 Å². The fourth-order valence-corrected chi connectivity index (χ4v) is 4.02. The Morgan fingerprint density at radius 3 is 2.50 bits per heavy atom. The second kappa shape index (κ2) is 8.71. The van der Waals surface area contributed by atoms with Crippen molar-refractivity contribution in [2.45, 2.75) is 44.9 Å². The summed E-state index contributed by atoms with van der Waals surface area (Å²) in [5, 5.41) is 5.84. The third-order valence-electron chi connectivity index (χ3n) is 5.60. The number of urea groups is 1. The maximum absolute atomic E-state index is 12.7. The molecule has 1 unspecified atom stereocenters. The van der Waals surface area contributed by atoms with E-state index in [1.165, 1.54) is 11.8 Å². The van der Waals surface area contributed by atoms with Crippen molar-refractivity contribution in [2.24, 2.45) is 0 Å². The van der Waals surface area contributed by atoms with Gasteiger partial charge in [0.1, 0.15) is 0 Å². The fourth-order valence-electron chi connectivity index (χ4n) is 3.83. The lowest BCUT2D eigenvalue weighted by Crippen LogP contribution is -2.24. The normalized spacial score (nSPS) is 15.8. The van der Waals surface area contributed by atoms with Gasteiger partial charge in [0.2, 0.25) is 5.95 Å². The number of anilines is 2. The number of hydrogen-bond acceptors (Lipinski definition) is 4. The van der Waals surface area contributed by atoms with Crippen LogP contribution in [0.15, 0.2) is 54.7 Å². The number of nitrogens with one attached hydrogen (secondary N) is 2. The third-order valence-corrected chi connectivity index (χ3v) is 5.83. The molecule has 1 heterocycles. The van der Waals surface area contributed by atoms with Gasteiger partial charge in [0, 0.05) is 23.3 Å². The number of hydrogen-bond donors (Lipinski definition) is 2. The zero-order chi connectivity index (χ0) is 22.9. The number of ketones is 1. The predicted octanol–water partition coefficient (Wildman–Crippen LogP) is 5.98. The van der Waals surface area contributed by atoms with Gasteiger partial charge in [-0.2, -0.15) is 0 Å². The Morgan fingerprint density at radius 2 is 1.81 bits per heavy atom. The summed E-state index contributed by atoms with van der Waals surface area (Å²) in [5.74, 6) is 0.220.